The standard InChI is InChI=1S/C22H20ClN3O2/c23-18-5-3-4-17(14-18)21-11-10-20(28-21)15-24-25-22(27)16-6-8-19(9-7-16)26-12-1-2-13-26/h3-11,14-15H,1-2,12-13H2,(H,25,27)/b24-15-. The first-order valence-corrected chi connectivity index (χ1v) is 9.61. The summed E-state index contributed by atoms with van der Waals surface area (Å²) >= 11 is 6.01. The molecule has 5 nitrogen and oxygen atoms in total. The Labute approximate surface area is 168 Å². The molecule has 6 heteroatoms. The Morgan fingerprint density at radius 2 is 1.86 bits per heavy atom. The maximum Gasteiger partial charge on any atom is 0.271 e. The molecule has 2 heterocycles. The average Bonchev–Trinajstić information content (AvgIpc) is 3.40. The highest BCUT2D eigenvalue weighted by Gasteiger charge is 2.13. The molecule has 0 atom stereocenters. The van der Waals surface area contributed by atoms with Crippen LogP contribution in [-0.2, 0) is 0 Å². The van der Waals surface area contributed by atoms with E-state index in [2.05, 4.69) is 15.4 Å². The van der Waals surface area contributed by atoms with Gasteiger partial charge in [-0.15, -0.1) is 0 Å². The van der Waals surface area contributed by atoms with E-state index in [0.717, 1.165) is 24.3 Å². The molecule has 0 saturated carbocycles. The van der Waals surface area contributed by atoms with Crippen molar-refractivity contribution < 1.29 is 9.21 Å². The molecular formula is C22H20ClN3O2. The van der Waals surface area contributed by atoms with Gasteiger partial charge in [0.15, 0.2) is 0 Å². The van der Waals surface area contributed by atoms with E-state index in [9.17, 15) is 4.79 Å². The molecule has 0 spiro atoms. The van der Waals surface area contributed by atoms with Crippen molar-refractivity contribution >= 4 is 29.4 Å². The number of hydrogen-bond donors (Lipinski definition) is 1. The molecular weight excluding hydrogens is 374 g/mol. The number of halogens is 1. The van der Waals surface area contributed by atoms with Crippen molar-refractivity contribution in [3.8, 4) is 11.3 Å². The van der Waals surface area contributed by atoms with Crippen LogP contribution < -0.4 is 10.3 Å². The van der Waals surface area contributed by atoms with Crippen LogP contribution in [0.4, 0.5) is 5.69 Å². The number of nitrogens with zero attached hydrogens (tertiary/aromatic N) is 2. The van der Waals surface area contributed by atoms with Gasteiger partial charge in [-0.05, 0) is 61.4 Å². The number of benzene rings is 2. The second-order valence-corrected chi connectivity index (χ2v) is 7.09. The highest BCUT2D eigenvalue weighted by Crippen LogP contribution is 2.24. The lowest BCUT2D eigenvalue weighted by Gasteiger charge is -2.17. The van der Waals surface area contributed by atoms with Gasteiger partial charge in [0.05, 0.1) is 6.21 Å². The maximum absolute atomic E-state index is 12.2. The first kappa shape index (κ1) is 18.3. The highest BCUT2D eigenvalue weighted by atomic mass is 35.5. The molecule has 0 unspecified atom stereocenters. The SMILES string of the molecule is O=C(N/N=C\c1ccc(-c2cccc(Cl)c2)o1)c1ccc(N2CCCC2)cc1. The fourth-order valence-electron chi connectivity index (χ4n) is 3.24. The van der Waals surface area contributed by atoms with Gasteiger partial charge in [0.25, 0.3) is 5.91 Å². The summed E-state index contributed by atoms with van der Waals surface area (Å²) in [6.45, 7) is 2.16. The van der Waals surface area contributed by atoms with Crippen molar-refractivity contribution in [1.82, 2.24) is 5.43 Å². The van der Waals surface area contributed by atoms with Crippen molar-refractivity contribution in [3.05, 3.63) is 77.0 Å². The van der Waals surface area contributed by atoms with E-state index in [0.29, 0.717) is 22.1 Å². The minimum Gasteiger partial charge on any atom is -0.455 e. The van der Waals surface area contributed by atoms with Crippen LogP contribution >= 0.6 is 11.6 Å². The summed E-state index contributed by atoms with van der Waals surface area (Å²) in [7, 11) is 0. The molecule has 1 amide bonds. The predicted octanol–water partition coefficient (Wildman–Crippen LogP) is 4.96. The summed E-state index contributed by atoms with van der Waals surface area (Å²) in [6.07, 6.45) is 3.93. The number of carbonyl (C=O) groups excluding carboxylic acids is 1. The summed E-state index contributed by atoms with van der Waals surface area (Å²) in [5.74, 6) is 0.971. The van der Waals surface area contributed by atoms with Crippen molar-refractivity contribution in [2.24, 2.45) is 5.10 Å². The van der Waals surface area contributed by atoms with E-state index in [-0.39, 0.29) is 5.91 Å². The van der Waals surface area contributed by atoms with Crippen LogP contribution in [0.3, 0.4) is 0 Å². The number of nitrogens with one attached hydrogen (secondary N) is 1. The van der Waals surface area contributed by atoms with Gasteiger partial charge in [0.2, 0.25) is 0 Å². The monoisotopic (exact) mass is 393 g/mol. The van der Waals surface area contributed by atoms with Crippen LogP contribution in [0.5, 0.6) is 0 Å². The normalized spacial score (nSPS) is 14.0. The van der Waals surface area contributed by atoms with E-state index in [1.807, 2.05) is 54.6 Å². The van der Waals surface area contributed by atoms with E-state index in [1.165, 1.54) is 19.1 Å². The summed E-state index contributed by atoms with van der Waals surface area (Å²) in [6, 6.07) is 18.6. The molecule has 1 aliphatic rings. The minimum absolute atomic E-state index is 0.258. The highest BCUT2D eigenvalue weighted by molar-refractivity contribution is 6.30. The number of rotatable bonds is 5. The lowest BCUT2D eigenvalue weighted by atomic mass is 10.2. The predicted molar refractivity (Wildman–Crippen MR) is 112 cm³/mol. The topological polar surface area (TPSA) is 57.8 Å². The van der Waals surface area contributed by atoms with Crippen LogP contribution in [0, 0.1) is 0 Å². The van der Waals surface area contributed by atoms with E-state index in [1.54, 1.807) is 6.07 Å². The Morgan fingerprint density at radius 3 is 2.61 bits per heavy atom. The van der Waals surface area contributed by atoms with Crippen LogP contribution in [0.1, 0.15) is 29.0 Å². The third kappa shape index (κ3) is 4.26. The fourth-order valence-corrected chi connectivity index (χ4v) is 3.43. The van der Waals surface area contributed by atoms with Crippen LogP contribution in [0.25, 0.3) is 11.3 Å². The van der Waals surface area contributed by atoms with Crippen LogP contribution in [0.2, 0.25) is 5.02 Å². The zero-order valence-electron chi connectivity index (χ0n) is 15.3. The van der Waals surface area contributed by atoms with Crippen molar-refractivity contribution in [3.63, 3.8) is 0 Å². The van der Waals surface area contributed by atoms with Gasteiger partial charge in [0, 0.05) is 34.9 Å². The van der Waals surface area contributed by atoms with Gasteiger partial charge in [-0.25, -0.2) is 5.43 Å². The lowest BCUT2D eigenvalue weighted by molar-refractivity contribution is 0.0955. The van der Waals surface area contributed by atoms with Gasteiger partial charge >= 0.3 is 0 Å². The summed E-state index contributed by atoms with van der Waals surface area (Å²) < 4.78 is 5.72. The van der Waals surface area contributed by atoms with Gasteiger partial charge in [-0.1, -0.05) is 23.7 Å². The number of hydrazone groups is 1. The number of carbonyl (C=O) groups is 1. The molecule has 1 fully saturated rings. The Bertz CT molecular complexity index is 989. The molecule has 1 N–H and O–H groups in total. The molecule has 2 aromatic carbocycles. The molecule has 0 bridgehead atoms. The first-order chi connectivity index (χ1) is 13.7. The Kier molecular flexibility index (Phi) is 5.44. The molecule has 0 radical (unpaired) electrons. The minimum atomic E-state index is -0.258. The molecule has 4 rings (SSSR count). The zero-order valence-corrected chi connectivity index (χ0v) is 16.0. The number of furan rings is 1. The third-order valence-electron chi connectivity index (χ3n) is 4.69. The summed E-state index contributed by atoms with van der Waals surface area (Å²) in [5.41, 5.74) is 5.14. The molecule has 142 valence electrons. The zero-order chi connectivity index (χ0) is 19.3. The maximum atomic E-state index is 12.2. The van der Waals surface area contributed by atoms with Crippen LogP contribution in [-0.4, -0.2) is 25.2 Å². The summed E-state index contributed by atoms with van der Waals surface area (Å²) in [5, 5.41) is 4.63. The molecule has 28 heavy (non-hydrogen) atoms. The fraction of sp³-hybridized carbons (Fsp3) is 0.182. The molecule has 1 saturated heterocycles. The van der Waals surface area contributed by atoms with Crippen molar-refractivity contribution in [1.29, 1.82) is 0 Å². The van der Waals surface area contributed by atoms with E-state index >= 15 is 0 Å². The van der Waals surface area contributed by atoms with Gasteiger partial charge in [-0.2, -0.15) is 5.10 Å². The van der Waals surface area contributed by atoms with Crippen LogP contribution in [0.15, 0.2) is 70.2 Å². The molecule has 1 aromatic heterocycles. The lowest BCUT2D eigenvalue weighted by Crippen LogP contribution is -2.19. The second kappa shape index (κ2) is 8.31. The number of anilines is 1. The van der Waals surface area contributed by atoms with Gasteiger partial charge in [-0.3, -0.25) is 4.79 Å². The Hall–Kier alpha value is -3.05. The molecule has 0 aliphatic carbocycles. The van der Waals surface area contributed by atoms with Crippen molar-refractivity contribution in [2.75, 3.05) is 18.0 Å². The Balaban J connectivity index is 1.36. The third-order valence-corrected chi connectivity index (χ3v) is 4.93. The van der Waals surface area contributed by atoms with E-state index < -0.39 is 0 Å². The Morgan fingerprint density at radius 1 is 1.07 bits per heavy atom. The second-order valence-electron chi connectivity index (χ2n) is 6.65. The average molecular weight is 394 g/mol. The first-order valence-electron chi connectivity index (χ1n) is 9.23. The number of hydrogen-bond acceptors (Lipinski definition) is 4. The van der Waals surface area contributed by atoms with Crippen molar-refractivity contribution in [2.45, 2.75) is 12.8 Å². The quantitative estimate of drug-likeness (QED) is 0.492. The van der Waals surface area contributed by atoms with Gasteiger partial charge < -0.3 is 9.32 Å². The smallest absolute Gasteiger partial charge is 0.271 e. The molecule has 1 aliphatic heterocycles. The van der Waals surface area contributed by atoms with E-state index in [4.69, 9.17) is 16.0 Å². The number of amides is 1. The largest absolute Gasteiger partial charge is 0.455 e. The summed E-state index contributed by atoms with van der Waals surface area (Å²) in [4.78, 5) is 14.6. The van der Waals surface area contributed by atoms with Gasteiger partial charge in [0.1, 0.15) is 11.5 Å². The molecule has 3 aromatic rings.